The highest BCUT2D eigenvalue weighted by Crippen LogP contribution is 2.16. The Bertz CT molecular complexity index is 312. The minimum atomic E-state index is -2.90. The van der Waals surface area contributed by atoms with Crippen LogP contribution in [-0.4, -0.2) is 57.0 Å². The Morgan fingerprint density at radius 1 is 1.35 bits per heavy atom. The summed E-state index contributed by atoms with van der Waals surface area (Å²) in [7, 11) is -0.942. The molecule has 0 amide bonds. The normalized spacial score (nSPS) is 23.2. The molecule has 0 aromatic carbocycles. The van der Waals surface area contributed by atoms with E-state index in [2.05, 4.69) is 10.2 Å². The van der Waals surface area contributed by atoms with Crippen molar-refractivity contribution in [2.45, 2.75) is 44.4 Å². The summed E-state index contributed by atoms with van der Waals surface area (Å²) >= 11 is 0. The van der Waals surface area contributed by atoms with E-state index < -0.39 is 9.84 Å². The van der Waals surface area contributed by atoms with Gasteiger partial charge in [0.05, 0.1) is 11.0 Å². The molecular weight excluding hydrogens is 236 g/mol. The Morgan fingerprint density at radius 2 is 2.06 bits per heavy atom. The fraction of sp³-hybridized carbons (Fsp3) is 1.00. The molecule has 0 aromatic heterocycles. The second kappa shape index (κ2) is 6.71. The molecule has 1 N–H and O–H groups in total. The largest absolute Gasteiger partial charge is 0.318 e. The maximum absolute atomic E-state index is 11.8. The lowest BCUT2D eigenvalue weighted by molar-refractivity contribution is 0.156. The van der Waals surface area contributed by atoms with Crippen LogP contribution in [0, 0.1) is 0 Å². The minimum Gasteiger partial charge on any atom is -0.318 e. The van der Waals surface area contributed by atoms with Crippen LogP contribution in [-0.2, 0) is 9.84 Å². The van der Waals surface area contributed by atoms with Gasteiger partial charge in [0.2, 0.25) is 0 Å². The van der Waals surface area contributed by atoms with Crippen LogP contribution < -0.4 is 5.32 Å². The molecule has 1 fully saturated rings. The predicted octanol–water partition coefficient (Wildman–Crippen LogP) is 0.884. The van der Waals surface area contributed by atoms with Gasteiger partial charge < -0.3 is 5.32 Å². The lowest BCUT2D eigenvalue weighted by atomic mass is 10.0. The zero-order valence-corrected chi connectivity index (χ0v) is 12.1. The van der Waals surface area contributed by atoms with E-state index in [9.17, 15) is 8.42 Å². The summed E-state index contributed by atoms with van der Waals surface area (Å²) in [6.07, 6.45) is 3.64. The topological polar surface area (TPSA) is 49.4 Å². The molecule has 0 aromatic rings. The molecule has 1 aliphatic heterocycles. The van der Waals surface area contributed by atoms with Crippen molar-refractivity contribution in [1.29, 1.82) is 0 Å². The lowest BCUT2D eigenvalue weighted by Crippen LogP contribution is -2.46. The molecule has 102 valence electrons. The van der Waals surface area contributed by atoms with Crippen LogP contribution in [0.25, 0.3) is 0 Å². The van der Waals surface area contributed by atoms with Crippen molar-refractivity contribution in [3.05, 3.63) is 0 Å². The summed E-state index contributed by atoms with van der Waals surface area (Å²) in [6.45, 7) is 6.21. The first-order valence-electron chi connectivity index (χ1n) is 6.57. The molecule has 17 heavy (non-hydrogen) atoms. The Labute approximate surface area is 106 Å². The summed E-state index contributed by atoms with van der Waals surface area (Å²) in [5.41, 5.74) is 0. The van der Waals surface area contributed by atoms with E-state index in [1.54, 1.807) is 13.8 Å². The van der Waals surface area contributed by atoms with Crippen molar-refractivity contribution >= 4 is 9.84 Å². The number of rotatable bonds is 6. The van der Waals surface area contributed by atoms with Crippen LogP contribution in [0.15, 0.2) is 0 Å². The summed E-state index contributed by atoms with van der Waals surface area (Å²) in [6, 6.07) is 0.510. The van der Waals surface area contributed by atoms with E-state index in [-0.39, 0.29) is 5.25 Å². The summed E-state index contributed by atoms with van der Waals surface area (Å²) in [4.78, 5) is 2.33. The molecular formula is C12H26N2O2S. The highest BCUT2D eigenvalue weighted by molar-refractivity contribution is 7.92. The monoisotopic (exact) mass is 262 g/mol. The molecule has 1 aliphatic rings. The first-order valence-corrected chi connectivity index (χ1v) is 8.29. The quantitative estimate of drug-likeness (QED) is 0.772. The number of nitrogens with zero attached hydrogens (tertiary/aromatic N) is 1. The molecule has 0 saturated carbocycles. The molecule has 0 aliphatic carbocycles. The van der Waals surface area contributed by atoms with E-state index in [1.807, 2.05) is 7.05 Å². The average Bonchev–Trinajstić information content (AvgIpc) is 2.28. The van der Waals surface area contributed by atoms with Crippen LogP contribution >= 0.6 is 0 Å². The van der Waals surface area contributed by atoms with Crippen molar-refractivity contribution in [2.24, 2.45) is 0 Å². The van der Waals surface area contributed by atoms with Crippen molar-refractivity contribution in [2.75, 3.05) is 32.4 Å². The van der Waals surface area contributed by atoms with E-state index in [1.165, 1.54) is 19.3 Å². The van der Waals surface area contributed by atoms with Crippen molar-refractivity contribution in [3.63, 3.8) is 0 Å². The van der Waals surface area contributed by atoms with Gasteiger partial charge in [-0.25, -0.2) is 8.42 Å². The summed E-state index contributed by atoms with van der Waals surface area (Å²) < 4.78 is 23.6. The number of piperidine rings is 1. The number of hydrogen-bond donors (Lipinski definition) is 1. The fourth-order valence-electron chi connectivity index (χ4n) is 2.30. The number of hydrogen-bond acceptors (Lipinski definition) is 4. The van der Waals surface area contributed by atoms with E-state index in [4.69, 9.17) is 0 Å². The number of likely N-dealkylation sites (N-methyl/N-ethyl adjacent to an activating group) is 1. The van der Waals surface area contributed by atoms with Crippen LogP contribution in [0.3, 0.4) is 0 Å². The second-order valence-electron chi connectivity index (χ2n) is 5.16. The van der Waals surface area contributed by atoms with Gasteiger partial charge in [-0.1, -0.05) is 6.42 Å². The van der Waals surface area contributed by atoms with Gasteiger partial charge in [-0.05, 0) is 40.3 Å². The van der Waals surface area contributed by atoms with E-state index >= 15 is 0 Å². The molecule has 0 radical (unpaired) electrons. The van der Waals surface area contributed by atoms with Crippen molar-refractivity contribution in [3.8, 4) is 0 Å². The van der Waals surface area contributed by atoms with Gasteiger partial charge >= 0.3 is 0 Å². The first-order chi connectivity index (χ1) is 7.97. The Kier molecular flexibility index (Phi) is 5.89. The molecule has 1 unspecified atom stereocenters. The van der Waals surface area contributed by atoms with Crippen molar-refractivity contribution in [1.82, 2.24) is 10.2 Å². The molecule has 1 saturated heterocycles. The zero-order valence-electron chi connectivity index (χ0n) is 11.3. The Hall–Kier alpha value is -0.130. The third-order valence-corrected chi connectivity index (χ3v) is 5.76. The maximum atomic E-state index is 11.8. The van der Waals surface area contributed by atoms with Crippen LogP contribution in [0.4, 0.5) is 0 Å². The standard InChI is InChI=1S/C12H26N2O2S/c1-11(2)17(15,16)9-8-14-7-5-4-6-12(14)10-13-3/h11-13H,4-10H2,1-3H3. The molecule has 5 heteroatoms. The van der Waals surface area contributed by atoms with Gasteiger partial charge in [0.15, 0.2) is 9.84 Å². The third-order valence-electron chi connectivity index (χ3n) is 3.57. The molecule has 4 nitrogen and oxygen atoms in total. The van der Waals surface area contributed by atoms with Gasteiger partial charge in [0, 0.05) is 19.1 Å². The lowest BCUT2D eigenvalue weighted by Gasteiger charge is -2.35. The smallest absolute Gasteiger partial charge is 0.153 e. The first kappa shape index (κ1) is 14.9. The Balaban J connectivity index is 2.48. The van der Waals surface area contributed by atoms with Crippen molar-refractivity contribution < 1.29 is 8.42 Å². The van der Waals surface area contributed by atoms with Crippen LogP contribution in [0.2, 0.25) is 0 Å². The van der Waals surface area contributed by atoms with Gasteiger partial charge in [0.1, 0.15) is 0 Å². The van der Waals surface area contributed by atoms with E-state index in [0.29, 0.717) is 18.3 Å². The third kappa shape index (κ3) is 4.56. The van der Waals surface area contributed by atoms with E-state index in [0.717, 1.165) is 13.1 Å². The van der Waals surface area contributed by atoms with Gasteiger partial charge in [-0.15, -0.1) is 0 Å². The van der Waals surface area contributed by atoms with Gasteiger partial charge in [-0.3, -0.25) is 4.90 Å². The number of nitrogens with one attached hydrogen (secondary N) is 1. The second-order valence-corrected chi connectivity index (χ2v) is 7.84. The SMILES string of the molecule is CNCC1CCCCN1CCS(=O)(=O)C(C)C. The predicted molar refractivity (Wildman–Crippen MR) is 72.1 cm³/mol. The molecule has 0 spiro atoms. The maximum Gasteiger partial charge on any atom is 0.153 e. The summed E-state index contributed by atoms with van der Waals surface area (Å²) in [5, 5.41) is 2.94. The average molecular weight is 262 g/mol. The summed E-state index contributed by atoms with van der Waals surface area (Å²) in [5.74, 6) is 0.297. The van der Waals surface area contributed by atoms with Gasteiger partial charge in [-0.2, -0.15) is 0 Å². The molecule has 1 atom stereocenters. The number of sulfone groups is 1. The Morgan fingerprint density at radius 3 is 2.65 bits per heavy atom. The molecule has 1 rings (SSSR count). The number of likely N-dealkylation sites (tertiary alicyclic amines) is 1. The highest BCUT2D eigenvalue weighted by atomic mass is 32.2. The molecule has 1 heterocycles. The zero-order chi connectivity index (χ0) is 12.9. The highest BCUT2D eigenvalue weighted by Gasteiger charge is 2.24. The van der Waals surface area contributed by atoms with Crippen LogP contribution in [0.5, 0.6) is 0 Å². The minimum absolute atomic E-state index is 0.255. The van der Waals surface area contributed by atoms with Gasteiger partial charge in [0.25, 0.3) is 0 Å². The van der Waals surface area contributed by atoms with Crippen LogP contribution in [0.1, 0.15) is 33.1 Å². The molecule has 0 bridgehead atoms. The fourth-order valence-corrected chi connectivity index (χ4v) is 3.26.